The third-order valence-electron chi connectivity index (χ3n) is 1.97. The van der Waals surface area contributed by atoms with Crippen LogP contribution in [-0.4, -0.2) is 10.9 Å². The number of rotatable bonds is 4. The lowest BCUT2D eigenvalue weighted by molar-refractivity contribution is -0.114. The predicted molar refractivity (Wildman–Crippen MR) is 63.9 cm³/mol. The van der Waals surface area contributed by atoms with E-state index in [0.29, 0.717) is 12.8 Å². The first-order chi connectivity index (χ1) is 7.09. The van der Waals surface area contributed by atoms with Crippen molar-refractivity contribution in [2.45, 2.75) is 19.8 Å². The van der Waals surface area contributed by atoms with E-state index < -0.39 is 0 Å². The van der Waals surface area contributed by atoms with Gasteiger partial charge in [-0.2, -0.15) is 0 Å². The minimum Gasteiger partial charge on any atom is -0.512 e. The molecule has 0 spiro atoms. The van der Waals surface area contributed by atoms with Gasteiger partial charge in [0.25, 0.3) is 0 Å². The molecular formula is C12H13BrO2. The largest absolute Gasteiger partial charge is 0.512 e. The van der Waals surface area contributed by atoms with Crippen LogP contribution in [-0.2, 0) is 11.2 Å². The topological polar surface area (TPSA) is 37.3 Å². The Balaban J connectivity index is 2.55. The number of allylic oxidation sites excluding steroid dienone is 2. The molecule has 3 heteroatoms. The Morgan fingerprint density at radius 3 is 2.73 bits per heavy atom. The summed E-state index contributed by atoms with van der Waals surface area (Å²) in [6.45, 7) is 1.50. The zero-order valence-corrected chi connectivity index (χ0v) is 10.1. The highest BCUT2D eigenvalue weighted by Crippen LogP contribution is 2.17. The highest BCUT2D eigenvalue weighted by Gasteiger charge is 2.02. The number of halogens is 1. The predicted octanol–water partition coefficient (Wildman–Crippen LogP) is 3.41. The molecule has 0 saturated heterocycles. The molecule has 0 saturated carbocycles. The highest BCUT2D eigenvalue weighted by atomic mass is 79.9. The average molecular weight is 269 g/mol. The molecule has 1 N–H and O–H groups in total. The monoisotopic (exact) mass is 268 g/mol. The maximum Gasteiger partial charge on any atom is 0.159 e. The van der Waals surface area contributed by atoms with Crippen LogP contribution in [0.4, 0.5) is 0 Å². The van der Waals surface area contributed by atoms with Crippen LogP contribution in [0.1, 0.15) is 18.9 Å². The Hall–Kier alpha value is -1.09. The van der Waals surface area contributed by atoms with Crippen molar-refractivity contribution in [1.29, 1.82) is 0 Å². The Morgan fingerprint density at radius 1 is 1.47 bits per heavy atom. The fraction of sp³-hybridized carbons (Fsp3) is 0.250. The Kier molecular flexibility index (Phi) is 4.56. The summed E-state index contributed by atoms with van der Waals surface area (Å²) in [6, 6.07) is 7.81. The van der Waals surface area contributed by atoms with Crippen molar-refractivity contribution in [3.8, 4) is 0 Å². The molecule has 0 aliphatic rings. The number of hydrogen-bond acceptors (Lipinski definition) is 2. The molecule has 0 atom stereocenters. The van der Waals surface area contributed by atoms with E-state index in [1.54, 1.807) is 0 Å². The van der Waals surface area contributed by atoms with Gasteiger partial charge >= 0.3 is 0 Å². The lowest BCUT2D eigenvalue weighted by Gasteiger charge is -2.01. The van der Waals surface area contributed by atoms with Crippen molar-refractivity contribution in [1.82, 2.24) is 0 Å². The SMILES string of the molecule is C/C(O)=C/C(=O)CCc1ccccc1Br. The van der Waals surface area contributed by atoms with Gasteiger partial charge in [-0.3, -0.25) is 4.79 Å². The summed E-state index contributed by atoms with van der Waals surface area (Å²) in [7, 11) is 0. The molecule has 0 aliphatic carbocycles. The van der Waals surface area contributed by atoms with E-state index in [4.69, 9.17) is 5.11 Å². The van der Waals surface area contributed by atoms with Crippen molar-refractivity contribution in [2.24, 2.45) is 0 Å². The van der Waals surface area contributed by atoms with Gasteiger partial charge in [0, 0.05) is 17.0 Å². The molecule has 0 aliphatic heterocycles. The third-order valence-corrected chi connectivity index (χ3v) is 2.74. The first-order valence-corrected chi connectivity index (χ1v) is 5.52. The second-order valence-electron chi connectivity index (χ2n) is 3.34. The number of ketones is 1. The molecule has 0 radical (unpaired) electrons. The lowest BCUT2D eigenvalue weighted by atomic mass is 10.1. The van der Waals surface area contributed by atoms with Crippen LogP contribution >= 0.6 is 15.9 Å². The molecule has 0 bridgehead atoms. The molecule has 2 nitrogen and oxygen atoms in total. The van der Waals surface area contributed by atoms with Crippen LogP contribution in [0.5, 0.6) is 0 Å². The molecule has 15 heavy (non-hydrogen) atoms. The smallest absolute Gasteiger partial charge is 0.159 e. The van der Waals surface area contributed by atoms with Gasteiger partial charge in [-0.25, -0.2) is 0 Å². The van der Waals surface area contributed by atoms with Gasteiger partial charge < -0.3 is 5.11 Å². The first-order valence-electron chi connectivity index (χ1n) is 4.73. The number of aryl methyl sites for hydroxylation is 1. The summed E-state index contributed by atoms with van der Waals surface area (Å²) in [5.74, 6) is 0.0119. The van der Waals surface area contributed by atoms with Gasteiger partial charge in [0.05, 0.1) is 5.76 Å². The molecule has 1 aromatic carbocycles. The number of hydrogen-bond donors (Lipinski definition) is 1. The van der Waals surface area contributed by atoms with Crippen LogP contribution in [0.2, 0.25) is 0 Å². The second-order valence-corrected chi connectivity index (χ2v) is 4.20. The fourth-order valence-corrected chi connectivity index (χ4v) is 1.75. The van der Waals surface area contributed by atoms with Crippen LogP contribution in [0.25, 0.3) is 0 Å². The maximum atomic E-state index is 11.3. The van der Waals surface area contributed by atoms with Gasteiger partial charge in [-0.15, -0.1) is 0 Å². The summed E-state index contributed by atoms with van der Waals surface area (Å²) >= 11 is 3.42. The third kappa shape index (κ3) is 4.30. The average Bonchev–Trinajstić information content (AvgIpc) is 2.15. The number of aliphatic hydroxyl groups is 1. The van der Waals surface area contributed by atoms with E-state index in [9.17, 15) is 4.79 Å². The maximum absolute atomic E-state index is 11.3. The Morgan fingerprint density at radius 2 is 2.13 bits per heavy atom. The van der Waals surface area contributed by atoms with Crippen LogP contribution < -0.4 is 0 Å². The minimum atomic E-state index is -0.0502. The van der Waals surface area contributed by atoms with Gasteiger partial charge in [0.2, 0.25) is 0 Å². The molecule has 0 unspecified atom stereocenters. The first kappa shape index (κ1) is 12.0. The number of benzene rings is 1. The highest BCUT2D eigenvalue weighted by molar-refractivity contribution is 9.10. The zero-order valence-electron chi connectivity index (χ0n) is 8.53. The molecule has 1 aromatic rings. The van der Waals surface area contributed by atoms with Crippen molar-refractivity contribution in [3.63, 3.8) is 0 Å². The van der Waals surface area contributed by atoms with Gasteiger partial charge in [-0.1, -0.05) is 34.1 Å². The van der Waals surface area contributed by atoms with Gasteiger partial charge in [0.1, 0.15) is 0 Å². The van der Waals surface area contributed by atoms with E-state index >= 15 is 0 Å². The molecule has 0 amide bonds. The van der Waals surface area contributed by atoms with Crippen molar-refractivity contribution in [3.05, 3.63) is 46.1 Å². The van der Waals surface area contributed by atoms with Crippen molar-refractivity contribution >= 4 is 21.7 Å². The Bertz CT molecular complexity index is 379. The summed E-state index contributed by atoms with van der Waals surface area (Å²) in [6.07, 6.45) is 2.36. The number of carbonyl (C=O) groups is 1. The normalized spacial score (nSPS) is 11.5. The fourth-order valence-electron chi connectivity index (χ4n) is 1.26. The number of carbonyl (C=O) groups excluding carboxylic acids is 1. The lowest BCUT2D eigenvalue weighted by Crippen LogP contribution is -1.97. The summed E-state index contributed by atoms with van der Waals surface area (Å²) in [5, 5.41) is 8.91. The molecule has 0 heterocycles. The van der Waals surface area contributed by atoms with Crippen molar-refractivity contribution < 1.29 is 9.90 Å². The number of aliphatic hydroxyl groups excluding tert-OH is 1. The van der Waals surface area contributed by atoms with E-state index in [-0.39, 0.29) is 11.5 Å². The van der Waals surface area contributed by atoms with E-state index in [1.807, 2.05) is 24.3 Å². The van der Waals surface area contributed by atoms with E-state index in [2.05, 4.69) is 15.9 Å². The standard InChI is InChI=1S/C12H13BrO2/c1-9(14)8-11(15)7-6-10-4-2-3-5-12(10)13/h2-5,8,14H,6-7H2,1H3/b9-8-. The molecule has 0 fully saturated rings. The Labute approximate surface area is 97.8 Å². The van der Waals surface area contributed by atoms with Crippen LogP contribution in [0, 0.1) is 0 Å². The van der Waals surface area contributed by atoms with E-state index in [1.165, 1.54) is 13.0 Å². The van der Waals surface area contributed by atoms with Crippen LogP contribution in [0.15, 0.2) is 40.6 Å². The molecule has 0 aromatic heterocycles. The van der Waals surface area contributed by atoms with E-state index in [0.717, 1.165) is 10.0 Å². The summed E-state index contributed by atoms with van der Waals surface area (Å²) in [5.41, 5.74) is 1.11. The summed E-state index contributed by atoms with van der Waals surface area (Å²) in [4.78, 5) is 11.3. The quantitative estimate of drug-likeness (QED) is 0.671. The molecule has 1 rings (SSSR count). The zero-order chi connectivity index (χ0) is 11.3. The van der Waals surface area contributed by atoms with Crippen molar-refractivity contribution in [2.75, 3.05) is 0 Å². The summed E-state index contributed by atoms with van der Waals surface area (Å²) < 4.78 is 1.02. The minimum absolute atomic E-state index is 0.0502. The second kappa shape index (κ2) is 5.71. The molecular weight excluding hydrogens is 256 g/mol. The van der Waals surface area contributed by atoms with Crippen LogP contribution in [0.3, 0.4) is 0 Å². The molecule has 80 valence electrons. The van der Waals surface area contributed by atoms with Gasteiger partial charge in [0.15, 0.2) is 5.78 Å². The van der Waals surface area contributed by atoms with Gasteiger partial charge in [-0.05, 0) is 25.0 Å².